The molecule has 3 rings (SSSR count). The zero-order valence-electron chi connectivity index (χ0n) is 11.8. The minimum absolute atomic E-state index is 0.155. The summed E-state index contributed by atoms with van der Waals surface area (Å²) >= 11 is 1.23. The van der Waals surface area contributed by atoms with Crippen molar-refractivity contribution >= 4 is 28.0 Å². The summed E-state index contributed by atoms with van der Waals surface area (Å²) in [6, 6.07) is 7.52. The zero-order valence-corrected chi connectivity index (χ0v) is 12.6. The lowest BCUT2D eigenvalue weighted by molar-refractivity contribution is 0.401. The number of nitrogens with one attached hydrogen (secondary N) is 2. The van der Waals surface area contributed by atoms with Gasteiger partial charge in [-0.2, -0.15) is 4.37 Å². The molecule has 3 N–H and O–H groups in total. The van der Waals surface area contributed by atoms with Gasteiger partial charge >= 0.3 is 0 Å². The summed E-state index contributed by atoms with van der Waals surface area (Å²) < 4.78 is 9.38. The molecule has 0 atom stereocenters. The molecule has 1 aromatic heterocycles. The van der Waals surface area contributed by atoms with Crippen LogP contribution in [0, 0.1) is 0 Å². The van der Waals surface area contributed by atoms with Crippen molar-refractivity contribution in [1.29, 1.82) is 0 Å². The number of aromatic hydroxyl groups is 1. The quantitative estimate of drug-likeness (QED) is 0.789. The first-order valence-electron chi connectivity index (χ1n) is 6.87. The van der Waals surface area contributed by atoms with Crippen LogP contribution >= 0.6 is 11.5 Å². The second-order valence-corrected chi connectivity index (χ2v) is 5.64. The molecular formula is C14H18N4O2S. The number of hydrazine groups is 1. The van der Waals surface area contributed by atoms with E-state index in [0.29, 0.717) is 10.8 Å². The SMILES string of the molecule is COc1ccc(Nc2snc(NN3CCCC3)c2O)cc1. The second-order valence-electron chi connectivity index (χ2n) is 4.87. The van der Waals surface area contributed by atoms with E-state index in [9.17, 15) is 5.11 Å². The topological polar surface area (TPSA) is 69.7 Å². The third kappa shape index (κ3) is 3.20. The Hall–Kier alpha value is -1.99. The van der Waals surface area contributed by atoms with Crippen molar-refractivity contribution in [3.05, 3.63) is 24.3 Å². The molecule has 0 radical (unpaired) electrons. The molecule has 1 aromatic carbocycles. The molecule has 1 aliphatic heterocycles. The molecule has 1 aliphatic rings. The minimum Gasteiger partial charge on any atom is -0.502 e. The molecule has 1 saturated heterocycles. The van der Waals surface area contributed by atoms with Gasteiger partial charge in [-0.05, 0) is 48.6 Å². The highest BCUT2D eigenvalue weighted by Crippen LogP contribution is 2.38. The summed E-state index contributed by atoms with van der Waals surface area (Å²) in [5, 5.41) is 16.1. The lowest BCUT2D eigenvalue weighted by Gasteiger charge is -2.15. The first-order valence-corrected chi connectivity index (χ1v) is 7.65. The van der Waals surface area contributed by atoms with Crippen molar-refractivity contribution < 1.29 is 9.84 Å². The lowest BCUT2D eigenvalue weighted by atomic mass is 10.3. The molecule has 1 fully saturated rings. The average Bonchev–Trinajstić information content (AvgIpc) is 3.13. The number of methoxy groups -OCH3 is 1. The maximum Gasteiger partial charge on any atom is 0.198 e. The molecule has 0 saturated carbocycles. The van der Waals surface area contributed by atoms with Crippen LogP contribution in [0.4, 0.5) is 16.5 Å². The number of hydrogen-bond donors (Lipinski definition) is 3. The Morgan fingerprint density at radius 1 is 1.24 bits per heavy atom. The Morgan fingerprint density at radius 2 is 1.95 bits per heavy atom. The van der Waals surface area contributed by atoms with E-state index in [1.807, 2.05) is 24.3 Å². The van der Waals surface area contributed by atoms with Gasteiger partial charge in [-0.3, -0.25) is 5.43 Å². The van der Waals surface area contributed by atoms with E-state index in [0.717, 1.165) is 24.5 Å². The number of nitrogens with zero attached hydrogens (tertiary/aromatic N) is 2. The van der Waals surface area contributed by atoms with Gasteiger partial charge in [0, 0.05) is 18.8 Å². The van der Waals surface area contributed by atoms with Gasteiger partial charge in [-0.25, -0.2) is 5.01 Å². The number of hydrogen-bond acceptors (Lipinski definition) is 7. The summed E-state index contributed by atoms with van der Waals surface area (Å²) in [7, 11) is 1.63. The predicted molar refractivity (Wildman–Crippen MR) is 84.5 cm³/mol. The maximum atomic E-state index is 10.2. The summed E-state index contributed by atoms with van der Waals surface area (Å²) in [6.45, 7) is 1.97. The largest absolute Gasteiger partial charge is 0.502 e. The van der Waals surface area contributed by atoms with E-state index in [1.165, 1.54) is 24.4 Å². The number of aromatic nitrogens is 1. The minimum atomic E-state index is 0.155. The Balaban J connectivity index is 1.68. The van der Waals surface area contributed by atoms with Gasteiger partial charge in [-0.15, -0.1) is 0 Å². The molecule has 0 amide bonds. The van der Waals surface area contributed by atoms with E-state index in [2.05, 4.69) is 20.1 Å². The lowest BCUT2D eigenvalue weighted by Crippen LogP contribution is -2.26. The van der Waals surface area contributed by atoms with E-state index >= 15 is 0 Å². The maximum absolute atomic E-state index is 10.2. The predicted octanol–water partition coefficient (Wildman–Crippen LogP) is 3.02. The molecule has 0 aliphatic carbocycles. The van der Waals surface area contributed by atoms with Gasteiger partial charge in [0.2, 0.25) is 0 Å². The molecule has 6 nitrogen and oxygen atoms in total. The molecule has 21 heavy (non-hydrogen) atoms. The van der Waals surface area contributed by atoms with Crippen LogP contribution in [-0.4, -0.2) is 34.7 Å². The van der Waals surface area contributed by atoms with Crippen molar-refractivity contribution in [3.63, 3.8) is 0 Å². The van der Waals surface area contributed by atoms with E-state index in [1.54, 1.807) is 7.11 Å². The second kappa shape index (κ2) is 6.19. The molecule has 112 valence electrons. The third-order valence-corrected chi connectivity index (χ3v) is 4.14. The molecule has 2 heterocycles. The van der Waals surface area contributed by atoms with Gasteiger partial charge in [0.15, 0.2) is 16.6 Å². The number of ether oxygens (including phenoxy) is 1. The number of rotatable bonds is 5. The number of benzene rings is 1. The van der Waals surface area contributed by atoms with E-state index in [-0.39, 0.29) is 5.75 Å². The van der Waals surface area contributed by atoms with Crippen LogP contribution in [0.3, 0.4) is 0 Å². The molecule has 0 spiro atoms. The van der Waals surface area contributed by atoms with E-state index in [4.69, 9.17) is 4.74 Å². The van der Waals surface area contributed by atoms with Crippen LogP contribution in [0.2, 0.25) is 0 Å². The van der Waals surface area contributed by atoms with Crippen LogP contribution in [-0.2, 0) is 0 Å². The Bertz CT molecular complexity index is 594. The standard InChI is InChI=1S/C14H18N4O2S/c1-20-11-6-4-10(5-7-11)15-14-12(19)13(17-21-14)16-18-8-2-3-9-18/h4-7,15,19H,2-3,8-9H2,1H3,(H,16,17). The van der Waals surface area contributed by atoms with Crippen molar-refractivity contribution in [2.45, 2.75) is 12.8 Å². The van der Waals surface area contributed by atoms with Gasteiger partial charge in [0.25, 0.3) is 0 Å². The summed E-state index contributed by atoms with van der Waals surface area (Å²) in [6.07, 6.45) is 2.35. The van der Waals surface area contributed by atoms with Gasteiger partial charge in [0.1, 0.15) is 5.75 Å². The summed E-state index contributed by atoms with van der Waals surface area (Å²) in [5.41, 5.74) is 4.03. The Morgan fingerprint density at radius 3 is 2.62 bits per heavy atom. The van der Waals surface area contributed by atoms with Crippen LogP contribution in [0.25, 0.3) is 0 Å². The molecular weight excluding hydrogens is 288 g/mol. The normalized spacial score (nSPS) is 15.1. The summed E-state index contributed by atoms with van der Waals surface area (Å²) in [4.78, 5) is 0. The average molecular weight is 306 g/mol. The highest BCUT2D eigenvalue weighted by Gasteiger charge is 2.17. The van der Waals surface area contributed by atoms with Crippen molar-refractivity contribution in [2.24, 2.45) is 0 Å². The van der Waals surface area contributed by atoms with Crippen LogP contribution < -0.4 is 15.5 Å². The van der Waals surface area contributed by atoms with Crippen LogP contribution in [0.1, 0.15) is 12.8 Å². The monoisotopic (exact) mass is 306 g/mol. The van der Waals surface area contributed by atoms with Crippen molar-refractivity contribution in [3.8, 4) is 11.5 Å². The molecule has 7 heteroatoms. The fourth-order valence-corrected chi connectivity index (χ4v) is 2.88. The van der Waals surface area contributed by atoms with Crippen LogP contribution in [0.5, 0.6) is 11.5 Å². The third-order valence-electron chi connectivity index (χ3n) is 3.39. The van der Waals surface area contributed by atoms with Crippen LogP contribution in [0.15, 0.2) is 24.3 Å². The first kappa shape index (κ1) is 14.0. The Kier molecular flexibility index (Phi) is 4.12. The number of anilines is 3. The molecule has 2 aromatic rings. The van der Waals surface area contributed by atoms with Gasteiger partial charge in [0.05, 0.1) is 7.11 Å². The fourth-order valence-electron chi connectivity index (χ4n) is 2.22. The molecule has 0 bridgehead atoms. The molecule has 0 unspecified atom stereocenters. The fraction of sp³-hybridized carbons (Fsp3) is 0.357. The summed E-state index contributed by atoms with van der Waals surface area (Å²) in [5.74, 6) is 1.46. The van der Waals surface area contributed by atoms with Gasteiger partial charge in [-0.1, -0.05) is 0 Å². The highest BCUT2D eigenvalue weighted by molar-refractivity contribution is 7.11. The highest BCUT2D eigenvalue weighted by atomic mass is 32.1. The first-order chi connectivity index (χ1) is 10.3. The van der Waals surface area contributed by atoms with Crippen molar-refractivity contribution in [1.82, 2.24) is 9.38 Å². The van der Waals surface area contributed by atoms with Gasteiger partial charge < -0.3 is 15.2 Å². The smallest absolute Gasteiger partial charge is 0.198 e. The van der Waals surface area contributed by atoms with Crippen molar-refractivity contribution in [2.75, 3.05) is 30.9 Å². The van der Waals surface area contributed by atoms with E-state index < -0.39 is 0 Å². The Labute approximate surface area is 127 Å². The zero-order chi connectivity index (χ0) is 14.7.